The molecule has 1 aromatic rings. The highest BCUT2D eigenvalue weighted by Crippen LogP contribution is 2.39. The van der Waals surface area contributed by atoms with Crippen molar-refractivity contribution < 1.29 is 19.1 Å². The van der Waals surface area contributed by atoms with Gasteiger partial charge in [-0.3, -0.25) is 9.59 Å². The first kappa shape index (κ1) is 17.0. The van der Waals surface area contributed by atoms with Gasteiger partial charge in [0.05, 0.1) is 5.71 Å². The summed E-state index contributed by atoms with van der Waals surface area (Å²) in [6.07, 6.45) is 7.20. The van der Waals surface area contributed by atoms with Gasteiger partial charge in [-0.05, 0) is 56.0 Å². The molecule has 0 radical (unpaired) electrons. The minimum atomic E-state index is -0.808. The van der Waals surface area contributed by atoms with Crippen LogP contribution in [0.4, 0.5) is 0 Å². The van der Waals surface area contributed by atoms with Crippen LogP contribution in [-0.4, -0.2) is 29.7 Å². The number of ether oxygens (including phenoxy) is 2. The van der Waals surface area contributed by atoms with Gasteiger partial charge in [-0.2, -0.15) is 0 Å². The fourth-order valence-electron chi connectivity index (χ4n) is 4.24. The Hall–Kier alpha value is -3.15. The zero-order valence-electron chi connectivity index (χ0n) is 15.5. The maximum Gasteiger partial charge on any atom is 0.291 e. The second-order valence-corrected chi connectivity index (χ2v) is 7.43. The lowest BCUT2D eigenvalue weighted by Crippen LogP contribution is -2.43. The van der Waals surface area contributed by atoms with Gasteiger partial charge in [0.2, 0.25) is 6.10 Å². The fraction of sp³-hybridized carbons (Fsp3) is 0.318. The Bertz CT molecular complexity index is 1000. The van der Waals surface area contributed by atoms with Crippen molar-refractivity contribution in [2.75, 3.05) is 0 Å². The highest BCUT2D eigenvalue weighted by atomic mass is 16.6. The van der Waals surface area contributed by atoms with Crippen molar-refractivity contribution in [1.29, 1.82) is 0 Å². The number of nitrogens with one attached hydrogen (secondary N) is 1. The number of hydrogen-bond acceptors (Lipinski definition) is 4. The van der Waals surface area contributed by atoms with Crippen LogP contribution in [0, 0.1) is 5.92 Å². The molecule has 28 heavy (non-hydrogen) atoms. The molecule has 0 saturated heterocycles. The predicted octanol–water partition coefficient (Wildman–Crippen LogP) is 2.86. The molecule has 2 aliphatic carbocycles. The molecular formula is C22H20N2O4. The molecule has 0 aromatic heterocycles. The van der Waals surface area contributed by atoms with Gasteiger partial charge in [-0.15, -0.1) is 0 Å². The summed E-state index contributed by atoms with van der Waals surface area (Å²) in [5.74, 6) is 0.825. The van der Waals surface area contributed by atoms with Crippen LogP contribution in [0.3, 0.4) is 0 Å². The fourth-order valence-corrected chi connectivity index (χ4v) is 4.24. The average Bonchev–Trinajstić information content (AvgIpc) is 3.18. The number of nitrogens with zero attached hydrogens (tertiary/aromatic N) is 1. The molecule has 0 bridgehead atoms. The average molecular weight is 376 g/mol. The zero-order valence-corrected chi connectivity index (χ0v) is 15.5. The van der Waals surface area contributed by atoms with Gasteiger partial charge in [0.25, 0.3) is 11.8 Å². The second-order valence-electron chi connectivity index (χ2n) is 7.43. The number of rotatable bonds is 1. The topological polar surface area (TPSA) is 77.0 Å². The van der Waals surface area contributed by atoms with E-state index in [9.17, 15) is 9.59 Å². The normalized spacial score (nSPS) is 29.2. The van der Waals surface area contributed by atoms with E-state index in [0.717, 1.165) is 30.5 Å². The van der Waals surface area contributed by atoms with Gasteiger partial charge >= 0.3 is 0 Å². The van der Waals surface area contributed by atoms with Crippen LogP contribution in [0.5, 0.6) is 11.5 Å². The SMILES string of the molecule is CC1Oc2ccccc2OC1C(=O)N=C1C=CC2C(=C1)NC(=O)C1=C2CCC1. The molecule has 2 heterocycles. The van der Waals surface area contributed by atoms with Gasteiger partial charge in [0, 0.05) is 17.2 Å². The summed E-state index contributed by atoms with van der Waals surface area (Å²) in [6, 6.07) is 7.27. The standard InChI is InChI=1S/C22H20N2O4/c1-12-20(28-19-8-3-2-7-18(19)27-12)22(26)23-13-9-10-15-14-5-4-6-16(14)21(25)24-17(15)11-13/h2-3,7-12,15,20H,4-6H2,1H3,(H,24,25). The third-order valence-corrected chi connectivity index (χ3v) is 5.59. The number of carbonyl (C=O) groups excluding carboxylic acids is 2. The number of allylic oxidation sites excluding steroid dienone is 3. The number of hydrogen-bond donors (Lipinski definition) is 1. The number of benzene rings is 1. The van der Waals surface area contributed by atoms with Crippen LogP contribution in [0.25, 0.3) is 0 Å². The summed E-state index contributed by atoms with van der Waals surface area (Å²) < 4.78 is 11.6. The van der Waals surface area contributed by atoms with E-state index in [2.05, 4.69) is 10.3 Å². The third kappa shape index (κ3) is 2.76. The van der Waals surface area contributed by atoms with Crippen molar-refractivity contribution in [1.82, 2.24) is 5.32 Å². The van der Waals surface area contributed by atoms with E-state index in [4.69, 9.17) is 9.47 Å². The van der Waals surface area contributed by atoms with E-state index in [-0.39, 0.29) is 11.8 Å². The maximum atomic E-state index is 12.7. The van der Waals surface area contributed by atoms with Crippen molar-refractivity contribution in [3.63, 3.8) is 0 Å². The Morgan fingerprint density at radius 3 is 2.79 bits per heavy atom. The van der Waals surface area contributed by atoms with Crippen LogP contribution in [0.1, 0.15) is 26.2 Å². The molecule has 0 spiro atoms. The van der Waals surface area contributed by atoms with Crippen LogP contribution < -0.4 is 14.8 Å². The van der Waals surface area contributed by atoms with E-state index in [0.29, 0.717) is 17.2 Å². The summed E-state index contributed by atoms with van der Waals surface area (Å²) in [4.78, 5) is 29.3. The quantitative estimate of drug-likeness (QED) is 0.818. The Morgan fingerprint density at radius 2 is 1.96 bits per heavy atom. The van der Waals surface area contributed by atoms with E-state index < -0.39 is 18.1 Å². The van der Waals surface area contributed by atoms with Gasteiger partial charge in [0.1, 0.15) is 6.10 Å². The molecule has 6 heteroatoms. The highest BCUT2D eigenvalue weighted by Gasteiger charge is 2.36. The summed E-state index contributed by atoms with van der Waals surface area (Å²) in [7, 11) is 0. The van der Waals surface area contributed by atoms with Gasteiger partial charge in [0.15, 0.2) is 11.5 Å². The van der Waals surface area contributed by atoms with E-state index in [1.165, 1.54) is 5.57 Å². The largest absolute Gasteiger partial charge is 0.482 e. The maximum absolute atomic E-state index is 12.7. The molecule has 6 nitrogen and oxygen atoms in total. The van der Waals surface area contributed by atoms with Gasteiger partial charge < -0.3 is 14.8 Å². The lowest BCUT2D eigenvalue weighted by molar-refractivity contribution is -0.129. The molecule has 0 fully saturated rings. The molecule has 1 aromatic carbocycles. The van der Waals surface area contributed by atoms with Crippen LogP contribution in [0.15, 0.2) is 64.3 Å². The summed E-state index contributed by atoms with van der Waals surface area (Å²) in [5, 5.41) is 2.96. The summed E-state index contributed by atoms with van der Waals surface area (Å²) in [6.45, 7) is 1.79. The van der Waals surface area contributed by atoms with Crippen LogP contribution >= 0.6 is 0 Å². The van der Waals surface area contributed by atoms with E-state index in [1.54, 1.807) is 19.1 Å². The number of aliphatic imine (C=N–C) groups is 1. The van der Waals surface area contributed by atoms with Gasteiger partial charge in [-0.25, -0.2) is 4.99 Å². The molecule has 2 amide bonds. The molecule has 3 atom stereocenters. The Morgan fingerprint density at radius 1 is 1.18 bits per heavy atom. The van der Waals surface area contributed by atoms with E-state index >= 15 is 0 Å². The molecule has 0 saturated carbocycles. The minimum absolute atomic E-state index is 0.0229. The summed E-state index contributed by atoms with van der Waals surface area (Å²) >= 11 is 0. The first-order chi connectivity index (χ1) is 13.6. The zero-order chi connectivity index (χ0) is 19.3. The van der Waals surface area contributed by atoms with Crippen LogP contribution in [-0.2, 0) is 9.59 Å². The van der Waals surface area contributed by atoms with Crippen molar-refractivity contribution in [3.05, 3.63) is 59.3 Å². The predicted molar refractivity (Wildman–Crippen MR) is 103 cm³/mol. The Balaban J connectivity index is 1.38. The molecule has 4 aliphatic rings. The van der Waals surface area contributed by atoms with Gasteiger partial charge in [-0.1, -0.05) is 18.2 Å². The van der Waals surface area contributed by atoms with Crippen molar-refractivity contribution in [3.8, 4) is 11.5 Å². The Kier molecular flexibility index (Phi) is 3.93. The molecule has 5 rings (SSSR count). The molecule has 1 N–H and O–H groups in total. The van der Waals surface area contributed by atoms with Crippen molar-refractivity contribution >= 4 is 17.5 Å². The monoisotopic (exact) mass is 376 g/mol. The first-order valence-corrected chi connectivity index (χ1v) is 9.58. The number of amides is 2. The summed E-state index contributed by atoms with van der Waals surface area (Å²) in [5.41, 5.74) is 3.42. The molecule has 142 valence electrons. The van der Waals surface area contributed by atoms with Crippen LogP contribution in [0.2, 0.25) is 0 Å². The second kappa shape index (κ2) is 6.48. The van der Waals surface area contributed by atoms with Crippen molar-refractivity contribution in [2.24, 2.45) is 10.9 Å². The third-order valence-electron chi connectivity index (χ3n) is 5.59. The van der Waals surface area contributed by atoms with Crippen molar-refractivity contribution in [2.45, 2.75) is 38.4 Å². The number of fused-ring (bicyclic) bond motifs is 3. The lowest BCUT2D eigenvalue weighted by atomic mass is 9.85. The number of para-hydroxylation sites is 2. The highest BCUT2D eigenvalue weighted by molar-refractivity contribution is 6.12. The minimum Gasteiger partial charge on any atom is -0.482 e. The molecule has 3 unspecified atom stereocenters. The molecular weight excluding hydrogens is 356 g/mol. The lowest BCUT2D eigenvalue weighted by Gasteiger charge is -2.30. The first-order valence-electron chi connectivity index (χ1n) is 9.58. The Labute approximate surface area is 162 Å². The molecule has 2 aliphatic heterocycles. The number of carbonyl (C=O) groups is 2. The smallest absolute Gasteiger partial charge is 0.291 e. The van der Waals surface area contributed by atoms with E-state index in [1.807, 2.05) is 30.4 Å².